The van der Waals surface area contributed by atoms with Gasteiger partial charge in [-0.3, -0.25) is 9.59 Å². The minimum absolute atomic E-state index is 0.130. The average Bonchev–Trinajstić information content (AvgIpc) is 2.81. The van der Waals surface area contributed by atoms with Gasteiger partial charge < -0.3 is 10.4 Å². The van der Waals surface area contributed by atoms with Crippen molar-refractivity contribution in [2.24, 2.45) is 5.41 Å². The van der Waals surface area contributed by atoms with Crippen molar-refractivity contribution >= 4 is 35.2 Å². The summed E-state index contributed by atoms with van der Waals surface area (Å²) in [5, 5.41) is 12.8. The second kappa shape index (κ2) is 6.71. The number of benzene rings is 1. The molecular weight excluding hydrogens is 310 g/mol. The highest BCUT2D eigenvalue weighted by atomic mass is 35.5. The number of thioether (sulfide) groups is 1. The van der Waals surface area contributed by atoms with Gasteiger partial charge in [0.05, 0.1) is 11.2 Å². The number of carbonyl (C=O) groups is 2. The molecular formula is C15H18ClNO3S. The van der Waals surface area contributed by atoms with Crippen LogP contribution in [-0.2, 0) is 9.59 Å². The Morgan fingerprint density at radius 3 is 2.71 bits per heavy atom. The van der Waals surface area contributed by atoms with E-state index in [1.54, 1.807) is 19.1 Å². The molecule has 0 spiro atoms. The van der Waals surface area contributed by atoms with Crippen LogP contribution in [0.5, 0.6) is 0 Å². The van der Waals surface area contributed by atoms with E-state index in [1.807, 2.05) is 12.1 Å². The molecule has 1 aliphatic rings. The molecule has 0 radical (unpaired) electrons. The number of carbonyl (C=O) groups excluding carboxylic acids is 1. The van der Waals surface area contributed by atoms with Crippen LogP contribution in [0, 0.1) is 5.41 Å². The topological polar surface area (TPSA) is 66.4 Å². The van der Waals surface area contributed by atoms with E-state index in [9.17, 15) is 14.7 Å². The molecule has 2 rings (SSSR count). The Kier molecular flexibility index (Phi) is 5.17. The molecule has 1 aromatic rings. The molecule has 1 saturated carbocycles. The first-order chi connectivity index (χ1) is 9.91. The third kappa shape index (κ3) is 3.92. The number of amides is 1. The molecule has 1 aromatic carbocycles. The SMILES string of the molecule is CC1(C(=O)O)CCCC1NC(=O)CSc1ccc(Cl)cc1. The number of hydrogen-bond donors (Lipinski definition) is 2. The van der Waals surface area contributed by atoms with Gasteiger partial charge in [0.25, 0.3) is 0 Å². The molecule has 6 heteroatoms. The molecule has 0 heterocycles. The number of aliphatic carboxylic acids is 1. The van der Waals surface area contributed by atoms with Crippen LogP contribution >= 0.6 is 23.4 Å². The second-order valence-electron chi connectivity index (χ2n) is 5.48. The van der Waals surface area contributed by atoms with Crippen LogP contribution in [0.2, 0.25) is 5.02 Å². The molecule has 0 aromatic heterocycles. The lowest BCUT2D eigenvalue weighted by Gasteiger charge is -2.27. The first kappa shape index (κ1) is 16.2. The summed E-state index contributed by atoms with van der Waals surface area (Å²) in [5.74, 6) is -0.696. The number of hydrogen-bond acceptors (Lipinski definition) is 3. The van der Waals surface area contributed by atoms with E-state index < -0.39 is 11.4 Å². The van der Waals surface area contributed by atoms with Crippen molar-refractivity contribution in [3.8, 4) is 0 Å². The van der Waals surface area contributed by atoms with Crippen LogP contribution in [0.4, 0.5) is 0 Å². The number of nitrogens with one attached hydrogen (secondary N) is 1. The Balaban J connectivity index is 1.87. The van der Waals surface area contributed by atoms with E-state index in [2.05, 4.69) is 5.32 Å². The maximum atomic E-state index is 12.0. The van der Waals surface area contributed by atoms with Crippen LogP contribution in [-0.4, -0.2) is 28.8 Å². The first-order valence-electron chi connectivity index (χ1n) is 6.83. The Labute approximate surface area is 133 Å². The fourth-order valence-corrected chi connectivity index (χ4v) is 3.40. The summed E-state index contributed by atoms with van der Waals surface area (Å²) in [7, 11) is 0. The van der Waals surface area contributed by atoms with E-state index in [1.165, 1.54) is 11.8 Å². The monoisotopic (exact) mass is 327 g/mol. The minimum atomic E-state index is -0.847. The molecule has 4 nitrogen and oxygen atoms in total. The van der Waals surface area contributed by atoms with Gasteiger partial charge in [0, 0.05) is 16.0 Å². The predicted molar refractivity (Wildman–Crippen MR) is 83.7 cm³/mol. The summed E-state index contributed by atoms with van der Waals surface area (Å²) in [6, 6.07) is 6.99. The Hall–Kier alpha value is -1.20. The molecule has 2 unspecified atom stereocenters. The van der Waals surface area contributed by atoms with Gasteiger partial charge in [0.15, 0.2) is 0 Å². The fraction of sp³-hybridized carbons (Fsp3) is 0.467. The van der Waals surface area contributed by atoms with Crippen LogP contribution in [0.3, 0.4) is 0 Å². The van der Waals surface area contributed by atoms with Crippen LogP contribution in [0.25, 0.3) is 0 Å². The van der Waals surface area contributed by atoms with Crippen molar-refractivity contribution < 1.29 is 14.7 Å². The predicted octanol–water partition coefficient (Wildman–Crippen LogP) is 3.19. The quantitative estimate of drug-likeness (QED) is 0.815. The average molecular weight is 328 g/mol. The van der Waals surface area contributed by atoms with Gasteiger partial charge >= 0.3 is 5.97 Å². The molecule has 0 aliphatic heterocycles. The Morgan fingerprint density at radius 2 is 2.10 bits per heavy atom. The Bertz CT molecular complexity index is 534. The number of carboxylic acid groups (broad SMARTS) is 1. The van der Waals surface area contributed by atoms with Gasteiger partial charge in [-0.25, -0.2) is 0 Å². The molecule has 1 aliphatic carbocycles. The highest BCUT2D eigenvalue weighted by Gasteiger charge is 2.45. The maximum Gasteiger partial charge on any atom is 0.311 e. The van der Waals surface area contributed by atoms with E-state index >= 15 is 0 Å². The van der Waals surface area contributed by atoms with Crippen LogP contribution in [0.15, 0.2) is 29.2 Å². The molecule has 2 N–H and O–H groups in total. The largest absolute Gasteiger partial charge is 0.481 e. The van der Waals surface area contributed by atoms with Crippen molar-refractivity contribution in [3.63, 3.8) is 0 Å². The van der Waals surface area contributed by atoms with Gasteiger partial charge in [0.1, 0.15) is 0 Å². The number of rotatable bonds is 5. The lowest BCUT2D eigenvalue weighted by atomic mass is 9.85. The third-order valence-electron chi connectivity index (χ3n) is 3.97. The summed E-state index contributed by atoms with van der Waals surface area (Å²) in [4.78, 5) is 24.3. The third-order valence-corrected chi connectivity index (χ3v) is 5.23. The van der Waals surface area contributed by atoms with Gasteiger partial charge in [-0.1, -0.05) is 18.0 Å². The van der Waals surface area contributed by atoms with Crippen LogP contribution in [0.1, 0.15) is 26.2 Å². The summed E-state index contributed by atoms with van der Waals surface area (Å²) < 4.78 is 0. The molecule has 21 heavy (non-hydrogen) atoms. The Morgan fingerprint density at radius 1 is 1.43 bits per heavy atom. The van der Waals surface area contributed by atoms with Crippen molar-refractivity contribution in [1.29, 1.82) is 0 Å². The van der Waals surface area contributed by atoms with E-state index in [-0.39, 0.29) is 17.7 Å². The lowest BCUT2D eigenvalue weighted by molar-refractivity contribution is -0.149. The normalized spacial score (nSPS) is 24.8. The summed E-state index contributed by atoms with van der Waals surface area (Å²) in [6.07, 6.45) is 2.16. The molecule has 0 saturated heterocycles. The molecule has 1 amide bonds. The zero-order valence-corrected chi connectivity index (χ0v) is 13.3. The van der Waals surface area contributed by atoms with Gasteiger partial charge in [-0.05, 0) is 44.0 Å². The standard InChI is InChI=1S/C15H18ClNO3S/c1-15(14(19)20)8-2-3-12(15)17-13(18)9-21-11-6-4-10(16)5-7-11/h4-7,12H,2-3,8-9H2,1H3,(H,17,18)(H,19,20). The smallest absolute Gasteiger partial charge is 0.311 e. The minimum Gasteiger partial charge on any atom is -0.481 e. The van der Waals surface area contributed by atoms with Gasteiger partial charge in [-0.15, -0.1) is 11.8 Å². The molecule has 114 valence electrons. The molecule has 1 fully saturated rings. The van der Waals surface area contributed by atoms with Crippen LogP contribution < -0.4 is 5.32 Å². The van der Waals surface area contributed by atoms with Crippen molar-refractivity contribution in [2.75, 3.05) is 5.75 Å². The van der Waals surface area contributed by atoms with E-state index in [0.717, 1.165) is 17.7 Å². The zero-order valence-electron chi connectivity index (χ0n) is 11.8. The van der Waals surface area contributed by atoms with Crippen molar-refractivity contribution in [2.45, 2.75) is 37.1 Å². The highest BCUT2D eigenvalue weighted by Crippen LogP contribution is 2.38. The van der Waals surface area contributed by atoms with Crippen molar-refractivity contribution in [3.05, 3.63) is 29.3 Å². The van der Waals surface area contributed by atoms with E-state index in [4.69, 9.17) is 11.6 Å². The summed E-state index contributed by atoms with van der Waals surface area (Å²) >= 11 is 7.22. The van der Waals surface area contributed by atoms with E-state index in [0.29, 0.717) is 11.4 Å². The summed E-state index contributed by atoms with van der Waals surface area (Å²) in [6.45, 7) is 1.71. The maximum absolute atomic E-state index is 12.0. The lowest BCUT2D eigenvalue weighted by Crippen LogP contribution is -2.47. The van der Waals surface area contributed by atoms with Gasteiger partial charge in [0.2, 0.25) is 5.91 Å². The number of carboxylic acids is 1. The first-order valence-corrected chi connectivity index (χ1v) is 8.19. The molecule has 0 bridgehead atoms. The fourth-order valence-electron chi connectivity index (χ4n) is 2.57. The molecule has 2 atom stereocenters. The van der Waals surface area contributed by atoms with Crippen molar-refractivity contribution in [1.82, 2.24) is 5.32 Å². The second-order valence-corrected chi connectivity index (χ2v) is 6.96. The number of halogens is 1. The highest BCUT2D eigenvalue weighted by molar-refractivity contribution is 8.00. The zero-order chi connectivity index (χ0) is 15.5. The summed E-state index contributed by atoms with van der Waals surface area (Å²) in [5.41, 5.74) is -0.847. The van der Waals surface area contributed by atoms with Gasteiger partial charge in [-0.2, -0.15) is 0 Å².